The SMILES string of the molecule is COCCCc1nc(-c2ccccc2)c(CN)s1. The zero-order chi connectivity index (χ0) is 12.8. The summed E-state index contributed by atoms with van der Waals surface area (Å²) in [4.78, 5) is 5.87. The van der Waals surface area contributed by atoms with Crippen LogP contribution in [0.15, 0.2) is 30.3 Å². The van der Waals surface area contributed by atoms with Gasteiger partial charge < -0.3 is 10.5 Å². The highest BCUT2D eigenvalue weighted by atomic mass is 32.1. The fourth-order valence-electron chi connectivity index (χ4n) is 1.83. The number of benzene rings is 1. The number of nitrogens with zero attached hydrogens (tertiary/aromatic N) is 1. The van der Waals surface area contributed by atoms with E-state index in [0.29, 0.717) is 6.54 Å². The van der Waals surface area contributed by atoms with Crippen molar-refractivity contribution in [2.24, 2.45) is 5.73 Å². The van der Waals surface area contributed by atoms with E-state index in [9.17, 15) is 0 Å². The van der Waals surface area contributed by atoms with Crippen LogP contribution in [0, 0.1) is 0 Å². The van der Waals surface area contributed by atoms with Gasteiger partial charge in [-0.25, -0.2) is 4.98 Å². The Kier molecular flexibility index (Phi) is 4.87. The highest BCUT2D eigenvalue weighted by molar-refractivity contribution is 7.12. The van der Waals surface area contributed by atoms with E-state index in [-0.39, 0.29) is 0 Å². The van der Waals surface area contributed by atoms with Crippen LogP contribution >= 0.6 is 11.3 Å². The summed E-state index contributed by atoms with van der Waals surface area (Å²) < 4.78 is 5.06. The van der Waals surface area contributed by atoms with Crippen molar-refractivity contribution in [3.8, 4) is 11.3 Å². The van der Waals surface area contributed by atoms with Crippen molar-refractivity contribution in [2.75, 3.05) is 13.7 Å². The molecule has 0 aliphatic rings. The molecule has 96 valence electrons. The summed E-state index contributed by atoms with van der Waals surface area (Å²) >= 11 is 1.71. The second-order valence-electron chi connectivity index (χ2n) is 4.05. The van der Waals surface area contributed by atoms with E-state index in [1.807, 2.05) is 18.2 Å². The highest BCUT2D eigenvalue weighted by Gasteiger charge is 2.11. The smallest absolute Gasteiger partial charge is 0.0936 e. The molecule has 3 nitrogen and oxygen atoms in total. The van der Waals surface area contributed by atoms with E-state index in [0.717, 1.165) is 40.6 Å². The molecule has 18 heavy (non-hydrogen) atoms. The normalized spacial score (nSPS) is 10.8. The Morgan fingerprint density at radius 3 is 2.72 bits per heavy atom. The Balaban J connectivity index is 2.19. The molecule has 1 aromatic carbocycles. The van der Waals surface area contributed by atoms with Gasteiger partial charge in [0, 0.05) is 37.1 Å². The molecule has 2 N–H and O–H groups in total. The highest BCUT2D eigenvalue weighted by Crippen LogP contribution is 2.28. The maximum absolute atomic E-state index is 5.80. The third-order valence-electron chi connectivity index (χ3n) is 2.71. The van der Waals surface area contributed by atoms with Crippen molar-refractivity contribution >= 4 is 11.3 Å². The van der Waals surface area contributed by atoms with Gasteiger partial charge in [-0.1, -0.05) is 30.3 Å². The molecule has 0 unspecified atom stereocenters. The summed E-state index contributed by atoms with van der Waals surface area (Å²) in [5, 5.41) is 1.14. The molecular formula is C14H18N2OS. The summed E-state index contributed by atoms with van der Waals surface area (Å²) in [6, 6.07) is 10.2. The molecule has 0 aliphatic carbocycles. The lowest BCUT2D eigenvalue weighted by atomic mass is 10.1. The third kappa shape index (κ3) is 3.16. The van der Waals surface area contributed by atoms with Crippen molar-refractivity contribution < 1.29 is 4.74 Å². The predicted molar refractivity (Wildman–Crippen MR) is 75.6 cm³/mol. The van der Waals surface area contributed by atoms with Crippen molar-refractivity contribution in [2.45, 2.75) is 19.4 Å². The first kappa shape index (κ1) is 13.2. The monoisotopic (exact) mass is 262 g/mol. The van der Waals surface area contributed by atoms with E-state index in [1.165, 1.54) is 0 Å². The molecule has 0 spiro atoms. The van der Waals surface area contributed by atoms with E-state index in [4.69, 9.17) is 15.5 Å². The van der Waals surface area contributed by atoms with Gasteiger partial charge >= 0.3 is 0 Å². The molecule has 0 saturated carbocycles. The number of ether oxygens (including phenoxy) is 1. The quantitative estimate of drug-likeness (QED) is 0.814. The van der Waals surface area contributed by atoms with Crippen LogP contribution in [0.25, 0.3) is 11.3 Å². The second-order valence-corrected chi connectivity index (χ2v) is 5.21. The van der Waals surface area contributed by atoms with Crippen LogP contribution < -0.4 is 5.73 Å². The van der Waals surface area contributed by atoms with Gasteiger partial charge in [-0.15, -0.1) is 11.3 Å². The summed E-state index contributed by atoms with van der Waals surface area (Å²) in [6.45, 7) is 1.32. The second kappa shape index (κ2) is 6.64. The van der Waals surface area contributed by atoms with Gasteiger partial charge in [0.25, 0.3) is 0 Å². The molecule has 0 fully saturated rings. The first-order chi connectivity index (χ1) is 8.85. The third-order valence-corrected chi connectivity index (χ3v) is 3.85. The van der Waals surface area contributed by atoms with Crippen molar-refractivity contribution in [3.05, 3.63) is 40.2 Å². The average Bonchev–Trinajstić information content (AvgIpc) is 2.83. The molecule has 0 radical (unpaired) electrons. The van der Waals surface area contributed by atoms with Crippen LogP contribution in [0.4, 0.5) is 0 Å². The Bertz CT molecular complexity index is 482. The number of aryl methyl sites for hydroxylation is 1. The summed E-state index contributed by atoms with van der Waals surface area (Å²) in [7, 11) is 1.72. The first-order valence-electron chi connectivity index (χ1n) is 6.08. The van der Waals surface area contributed by atoms with Crippen LogP contribution in [0.1, 0.15) is 16.3 Å². The topological polar surface area (TPSA) is 48.1 Å². The molecule has 1 heterocycles. The number of hydrogen-bond donors (Lipinski definition) is 1. The fourth-order valence-corrected chi connectivity index (χ4v) is 2.85. The minimum absolute atomic E-state index is 0.548. The molecule has 2 rings (SSSR count). The molecule has 0 atom stereocenters. The number of nitrogens with two attached hydrogens (primary N) is 1. The Hall–Kier alpha value is -1.23. The Labute approximate surface area is 112 Å². The number of hydrogen-bond acceptors (Lipinski definition) is 4. The van der Waals surface area contributed by atoms with Crippen molar-refractivity contribution in [3.63, 3.8) is 0 Å². The molecule has 0 saturated heterocycles. The Morgan fingerprint density at radius 1 is 1.28 bits per heavy atom. The van der Waals surface area contributed by atoms with Gasteiger partial charge in [0.15, 0.2) is 0 Å². The lowest BCUT2D eigenvalue weighted by Crippen LogP contribution is -1.95. The van der Waals surface area contributed by atoms with E-state index < -0.39 is 0 Å². The molecule has 0 bridgehead atoms. The van der Waals surface area contributed by atoms with Gasteiger partial charge in [-0.05, 0) is 6.42 Å². The number of aromatic nitrogens is 1. The molecule has 1 aromatic heterocycles. The largest absolute Gasteiger partial charge is 0.385 e. The average molecular weight is 262 g/mol. The van der Waals surface area contributed by atoms with Gasteiger partial charge in [-0.2, -0.15) is 0 Å². The standard InChI is InChI=1S/C14H18N2OS/c1-17-9-5-8-13-16-14(12(10-15)18-13)11-6-3-2-4-7-11/h2-4,6-7H,5,8-10,15H2,1H3. The van der Waals surface area contributed by atoms with E-state index in [1.54, 1.807) is 18.4 Å². The van der Waals surface area contributed by atoms with Crippen LogP contribution in [0.2, 0.25) is 0 Å². The lowest BCUT2D eigenvalue weighted by molar-refractivity contribution is 0.195. The fraction of sp³-hybridized carbons (Fsp3) is 0.357. The van der Waals surface area contributed by atoms with Crippen LogP contribution in [0.3, 0.4) is 0 Å². The molecule has 4 heteroatoms. The zero-order valence-corrected chi connectivity index (χ0v) is 11.4. The van der Waals surface area contributed by atoms with Crippen LogP contribution in [-0.2, 0) is 17.7 Å². The zero-order valence-electron chi connectivity index (χ0n) is 10.6. The van der Waals surface area contributed by atoms with Gasteiger partial charge in [-0.3, -0.25) is 0 Å². The van der Waals surface area contributed by atoms with Gasteiger partial charge in [0.2, 0.25) is 0 Å². The number of rotatable bonds is 6. The molecular weight excluding hydrogens is 244 g/mol. The number of thiazole rings is 1. The van der Waals surface area contributed by atoms with Crippen LogP contribution in [-0.4, -0.2) is 18.7 Å². The summed E-state index contributed by atoms with van der Waals surface area (Å²) in [6.07, 6.45) is 1.96. The minimum atomic E-state index is 0.548. The maximum Gasteiger partial charge on any atom is 0.0936 e. The summed E-state index contributed by atoms with van der Waals surface area (Å²) in [5.74, 6) is 0. The molecule has 0 amide bonds. The number of methoxy groups -OCH3 is 1. The van der Waals surface area contributed by atoms with Crippen LogP contribution in [0.5, 0.6) is 0 Å². The predicted octanol–water partition coefficient (Wildman–Crippen LogP) is 2.85. The van der Waals surface area contributed by atoms with Gasteiger partial charge in [0.1, 0.15) is 0 Å². The van der Waals surface area contributed by atoms with E-state index >= 15 is 0 Å². The first-order valence-corrected chi connectivity index (χ1v) is 6.89. The molecule has 2 aromatic rings. The van der Waals surface area contributed by atoms with Crippen molar-refractivity contribution in [1.29, 1.82) is 0 Å². The minimum Gasteiger partial charge on any atom is -0.385 e. The lowest BCUT2D eigenvalue weighted by Gasteiger charge is -1.98. The van der Waals surface area contributed by atoms with Crippen molar-refractivity contribution in [1.82, 2.24) is 4.98 Å². The maximum atomic E-state index is 5.80. The molecule has 0 aliphatic heterocycles. The van der Waals surface area contributed by atoms with E-state index in [2.05, 4.69) is 12.1 Å². The summed E-state index contributed by atoms with van der Waals surface area (Å²) in [5.41, 5.74) is 7.98. The Morgan fingerprint density at radius 2 is 2.06 bits per heavy atom. The van der Waals surface area contributed by atoms with Gasteiger partial charge in [0.05, 0.1) is 10.7 Å².